The highest BCUT2D eigenvalue weighted by molar-refractivity contribution is 7.92. The minimum atomic E-state index is -3.48. The number of carbonyl (C=O) groups excluding carboxylic acids is 1. The Morgan fingerprint density at radius 1 is 1.19 bits per heavy atom. The number of hydrogen-bond donors (Lipinski definition) is 2. The van der Waals surface area contributed by atoms with Gasteiger partial charge in [-0.3, -0.25) is 9.52 Å². The number of carbonyl (C=O) groups is 1. The van der Waals surface area contributed by atoms with Gasteiger partial charge in [0.05, 0.1) is 17.2 Å². The molecule has 2 heterocycles. The van der Waals surface area contributed by atoms with Crippen molar-refractivity contribution >= 4 is 54.8 Å². The first-order valence-electron chi connectivity index (χ1n) is 9.21. The molecular formula is C21H16ClN3O5S2. The van der Waals surface area contributed by atoms with E-state index >= 15 is 0 Å². The van der Waals surface area contributed by atoms with Gasteiger partial charge in [-0.15, -0.1) is 11.3 Å². The number of hydrogen-bond acceptors (Lipinski definition) is 7. The lowest BCUT2D eigenvalue weighted by atomic mass is 10.1. The largest absolute Gasteiger partial charge is 0.454 e. The molecule has 8 nitrogen and oxygen atoms in total. The zero-order chi connectivity index (χ0) is 22.9. The molecule has 2 aromatic carbocycles. The maximum atomic E-state index is 12.7. The van der Waals surface area contributed by atoms with Crippen LogP contribution in [0.2, 0.25) is 5.02 Å². The molecule has 32 heavy (non-hydrogen) atoms. The normalized spacial score (nSPS) is 11.4. The molecule has 2 N–H and O–H groups in total. The van der Waals surface area contributed by atoms with Crippen LogP contribution in [0.5, 0.6) is 0 Å². The van der Waals surface area contributed by atoms with Crippen LogP contribution in [-0.2, 0) is 21.4 Å². The van der Waals surface area contributed by atoms with E-state index < -0.39 is 16.0 Å². The summed E-state index contributed by atoms with van der Waals surface area (Å²) in [6.07, 6.45) is 1.01. The molecule has 0 radical (unpaired) electrons. The molecule has 0 spiro atoms. The summed E-state index contributed by atoms with van der Waals surface area (Å²) in [7, 11) is -3.48. The van der Waals surface area contributed by atoms with E-state index in [1.807, 2.05) is 23.6 Å². The molecule has 0 aliphatic rings. The van der Waals surface area contributed by atoms with Crippen LogP contribution in [-0.4, -0.2) is 30.6 Å². The van der Waals surface area contributed by atoms with E-state index in [1.54, 1.807) is 6.07 Å². The van der Waals surface area contributed by atoms with Gasteiger partial charge in [-0.05, 0) is 24.3 Å². The Balaban J connectivity index is 1.55. The fourth-order valence-corrected chi connectivity index (χ4v) is 4.83. The fourth-order valence-electron chi connectivity index (χ4n) is 3.08. The molecule has 4 aromatic rings. The van der Waals surface area contributed by atoms with E-state index in [9.17, 15) is 18.0 Å². The van der Waals surface area contributed by atoms with Crippen LogP contribution in [0.4, 0.5) is 5.69 Å². The highest BCUT2D eigenvalue weighted by Gasteiger charge is 2.16. The molecule has 0 fully saturated rings. The number of aromatic amines is 1. The SMILES string of the molecule is CS(=O)(=O)Nc1cccc(C(=O)OCc2nc3scc(-c4ccccc4Cl)c3c(=O)[nH]2)c1. The molecule has 0 aliphatic heterocycles. The number of nitrogens with zero attached hydrogens (tertiary/aromatic N) is 1. The zero-order valence-electron chi connectivity index (χ0n) is 16.6. The third-order valence-electron chi connectivity index (χ3n) is 4.40. The van der Waals surface area contributed by atoms with Gasteiger partial charge in [0, 0.05) is 27.2 Å². The van der Waals surface area contributed by atoms with Crippen molar-refractivity contribution in [1.82, 2.24) is 9.97 Å². The highest BCUT2D eigenvalue weighted by atomic mass is 35.5. The molecule has 0 atom stereocenters. The van der Waals surface area contributed by atoms with Crippen molar-refractivity contribution in [2.24, 2.45) is 0 Å². The van der Waals surface area contributed by atoms with Crippen LogP contribution in [0.1, 0.15) is 16.2 Å². The summed E-state index contributed by atoms with van der Waals surface area (Å²) in [4.78, 5) is 32.6. The summed E-state index contributed by atoms with van der Waals surface area (Å²) in [5.41, 5.74) is 1.44. The van der Waals surface area contributed by atoms with Crippen LogP contribution in [0.3, 0.4) is 0 Å². The van der Waals surface area contributed by atoms with Crippen LogP contribution in [0, 0.1) is 0 Å². The van der Waals surface area contributed by atoms with Crippen molar-refractivity contribution < 1.29 is 17.9 Å². The summed E-state index contributed by atoms with van der Waals surface area (Å²) in [6, 6.07) is 13.1. The maximum absolute atomic E-state index is 12.7. The Morgan fingerprint density at radius 3 is 2.72 bits per heavy atom. The molecule has 2 aromatic heterocycles. The van der Waals surface area contributed by atoms with E-state index in [-0.39, 0.29) is 29.2 Å². The number of nitrogens with one attached hydrogen (secondary N) is 2. The number of benzene rings is 2. The number of halogens is 1. The van der Waals surface area contributed by atoms with E-state index in [0.717, 1.165) is 11.8 Å². The zero-order valence-corrected chi connectivity index (χ0v) is 19.0. The summed E-state index contributed by atoms with van der Waals surface area (Å²) >= 11 is 7.55. The summed E-state index contributed by atoms with van der Waals surface area (Å²) in [6.45, 7) is -0.257. The van der Waals surface area contributed by atoms with E-state index in [0.29, 0.717) is 20.8 Å². The molecule has 164 valence electrons. The lowest BCUT2D eigenvalue weighted by Gasteiger charge is -2.07. The number of esters is 1. The Kier molecular flexibility index (Phi) is 6.00. The van der Waals surface area contributed by atoms with Crippen molar-refractivity contribution in [2.45, 2.75) is 6.61 Å². The first-order valence-corrected chi connectivity index (χ1v) is 12.4. The van der Waals surface area contributed by atoms with Crippen molar-refractivity contribution in [3.63, 3.8) is 0 Å². The van der Waals surface area contributed by atoms with Crippen molar-refractivity contribution in [1.29, 1.82) is 0 Å². The lowest BCUT2D eigenvalue weighted by Crippen LogP contribution is -2.14. The number of H-pyrrole nitrogens is 1. The Bertz CT molecular complexity index is 1490. The van der Waals surface area contributed by atoms with Gasteiger partial charge < -0.3 is 9.72 Å². The maximum Gasteiger partial charge on any atom is 0.338 e. The second-order valence-electron chi connectivity index (χ2n) is 6.85. The van der Waals surface area contributed by atoms with Crippen LogP contribution in [0.15, 0.2) is 58.7 Å². The third-order valence-corrected chi connectivity index (χ3v) is 6.21. The van der Waals surface area contributed by atoms with Crippen LogP contribution < -0.4 is 10.3 Å². The average Bonchev–Trinajstić information content (AvgIpc) is 3.15. The fraction of sp³-hybridized carbons (Fsp3) is 0.0952. The number of aromatic nitrogens is 2. The van der Waals surface area contributed by atoms with Crippen LogP contribution >= 0.6 is 22.9 Å². The van der Waals surface area contributed by atoms with E-state index in [2.05, 4.69) is 14.7 Å². The second kappa shape index (κ2) is 8.73. The minimum Gasteiger partial charge on any atom is -0.454 e. The molecular weight excluding hydrogens is 474 g/mol. The first-order chi connectivity index (χ1) is 15.2. The minimum absolute atomic E-state index is 0.152. The first kappa shape index (κ1) is 22.0. The highest BCUT2D eigenvalue weighted by Crippen LogP contribution is 2.34. The topological polar surface area (TPSA) is 118 Å². The molecule has 0 amide bonds. The molecule has 0 bridgehead atoms. The standard InChI is InChI=1S/C21H16ClN3O5S2/c1-32(28,29)25-13-6-4-5-12(9-13)21(27)30-10-17-23-19(26)18-15(11-31-20(18)24-17)14-7-2-3-8-16(14)22/h2-9,11,25H,10H2,1H3,(H,23,24,26). The van der Waals surface area contributed by atoms with Gasteiger partial charge >= 0.3 is 5.97 Å². The smallest absolute Gasteiger partial charge is 0.338 e. The number of ether oxygens (including phenoxy) is 1. The summed E-state index contributed by atoms with van der Waals surface area (Å²) in [5, 5.41) is 2.75. The van der Waals surface area contributed by atoms with Crippen molar-refractivity contribution in [3.8, 4) is 11.1 Å². The predicted octanol–water partition coefficient (Wildman–Crippen LogP) is 4.03. The van der Waals surface area contributed by atoms with Crippen molar-refractivity contribution in [3.05, 3.63) is 80.7 Å². The quantitative estimate of drug-likeness (QED) is 0.395. The number of anilines is 1. The molecule has 11 heteroatoms. The van der Waals surface area contributed by atoms with Gasteiger partial charge in [-0.25, -0.2) is 18.2 Å². The number of rotatable bonds is 6. The third kappa shape index (κ3) is 4.82. The van der Waals surface area contributed by atoms with Gasteiger partial charge in [0.1, 0.15) is 17.3 Å². The molecule has 4 rings (SSSR count). The predicted molar refractivity (Wildman–Crippen MR) is 125 cm³/mol. The molecule has 0 saturated heterocycles. The van der Waals surface area contributed by atoms with Crippen LogP contribution in [0.25, 0.3) is 21.3 Å². The van der Waals surface area contributed by atoms with E-state index in [4.69, 9.17) is 16.3 Å². The van der Waals surface area contributed by atoms with Crippen molar-refractivity contribution in [2.75, 3.05) is 11.0 Å². The number of fused-ring (bicyclic) bond motifs is 1. The molecule has 0 aliphatic carbocycles. The Hall–Kier alpha value is -3.21. The number of thiophene rings is 1. The molecule has 0 saturated carbocycles. The average molecular weight is 490 g/mol. The second-order valence-corrected chi connectivity index (χ2v) is 9.87. The summed E-state index contributed by atoms with van der Waals surface area (Å²) in [5.74, 6) is -0.498. The van der Waals surface area contributed by atoms with Gasteiger partial charge in [0.25, 0.3) is 5.56 Å². The lowest BCUT2D eigenvalue weighted by molar-refractivity contribution is 0.0462. The van der Waals surface area contributed by atoms with Gasteiger partial charge in [0.2, 0.25) is 10.0 Å². The monoisotopic (exact) mass is 489 g/mol. The number of sulfonamides is 1. The van der Waals surface area contributed by atoms with Gasteiger partial charge in [0.15, 0.2) is 0 Å². The Labute approximate surface area is 191 Å². The molecule has 0 unspecified atom stereocenters. The van der Waals surface area contributed by atoms with Gasteiger partial charge in [-0.2, -0.15) is 0 Å². The summed E-state index contributed by atoms with van der Waals surface area (Å²) < 4.78 is 30.3. The van der Waals surface area contributed by atoms with Gasteiger partial charge in [-0.1, -0.05) is 35.9 Å². The van der Waals surface area contributed by atoms with E-state index in [1.165, 1.54) is 35.6 Å². The Morgan fingerprint density at radius 2 is 1.97 bits per heavy atom.